The normalized spacial score (nSPS) is 12.2. The van der Waals surface area contributed by atoms with Crippen molar-refractivity contribution >= 4 is 63.4 Å². The fourth-order valence-corrected chi connectivity index (χ4v) is 4.46. The van der Waals surface area contributed by atoms with Crippen molar-refractivity contribution in [1.29, 1.82) is 5.41 Å². The minimum atomic E-state index is -4.78. The van der Waals surface area contributed by atoms with Gasteiger partial charge in [0.1, 0.15) is 5.71 Å². The van der Waals surface area contributed by atoms with Gasteiger partial charge in [-0.05, 0) is 66.1 Å². The molecule has 0 aliphatic carbocycles. The third-order valence-electron chi connectivity index (χ3n) is 4.21. The average Bonchev–Trinajstić information content (AvgIpc) is 3.19. The van der Waals surface area contributed by atoms with Crippen molar-refractivity contribution in [3.8, 4) is 11.1 Å². The molecule has 3 nitrogen and oxygen atoms in total. The van der Waals surface area contributed by atoms with E-state index in [0.29, 0.717) is 15.6 Å². The Morgan fingerprint density at radius 3 is 2.58 bits per heavy atom. The van der Waals surface area contributed by atoms with Gasteiger partial charge in [-0.3, -0.25) is 5.41 Å². The number of pyridine rings is 1. The van der Waals surface area contributed by atoms with Crippen LogP contribution in [0.15, 0.2) is 53.0 Å². The third kappa shape index (κ3) is 5.83. The maximum absolute atomic E-state index is 13.0. The standard InChI is InChI=1S/C21H16Cl2F3N3S2/c1-11-5-12(9-28-20(11)30-2)13-6-18(31-10-13)17(8-19(27)21(24,25)26)29-16-7-14(22)3-4-15(16)23/h3-10,27,29H,1-2H3/b17-8-,27-19?. The number of anilines is 1. The summed E-state index contributed by atoms with van der Waals surface area (Å²) < 4.78 is 39.1. The van der Waals surface area contributed by atoms with Crippen molar-refractivity contribution in [3.63, 3.8) is 0 Å². The molecular formula is C21H16Cl2F3N3S2. The number of nitrogens with one attached hydrogen (secondary N) is 2. The molecule has 0 bridgehead atoms. The number of allylic oxidation sites excluding steroid dienone is 1. The highest BCUT2D eigenvalue weighted by atomic mass is 35.5. The number of benzene rings is 1. The first-order valence-corrected chi connectivity index (χ1v) is 11.6. The molecule has 0 saturated heterocycles. The van der Waals surface area contributed by atoms with Crippen LogP contribution in [0.3, 0.4) is 0 Å². The number of hydrogen-bond donors (Lipinski definition) is 2. The zero-order chi connectivity index (χ0) is 22.8. The lowest BCUT2D eigenvalue weighted by Crippen LogP contribution is -2.20. The lowest BCUT2D eigenvalue weighted by Gasteiger charge is -2.13. The van der Waals surface area contributed by atoms with Crippen molar-refractivity contribution in [1.82, 2.24) is 4.98 Å². The Bertz CT molecular complexity index is 1160. The Morgan fingerprint density at radius 1 is 1.19 bits per heavy atom. The maximum Gasteiger partial charge on any atom is 0.432 e. The van der Waals surface area contributed by atoms with Gasteiger partial charge in [0.2, 0.25) is 0 Å². The Kier molecular flexibility index (Phi) is 7.36. The van der Waals surface area contributed by atoms with Crippen LogP contribution >= 0.6 is 46.3 Å². The van der Waals surface area contributed by atoms with Gasteiger partial charge in [-0.15, -0.1) is 23.1 Å². The van der Waals surface area contributed by atoms with E-state index in [2.05, 4.69) is 10.3 Å². The van der Waals surface area contributed by atoms with E-state index in [1.165, 1.54) is 17.4 Å². The highest BCUT2D eigenvalue weighted by molar-refractivity contribution is 7.98. The van der Waals surface area contributed by atoms with Gasteiger partial charge in [-0.25, -0.2) is 4.98 Å². The number of thiophene rings is 1. The molecule has 0 atom stereocenters. The fourth-order valence-electron chi connectivity index (χ4n) is 2.70. The van der Waals surface area contributed by atoms with E-state index in [-0.39, 0.29) is 10.7 Å². The molecule has 0 radical (unpaired) electrons. The second kappa shape index (κ2) is 9.65. The molecule has 0 unspecified atom stereocenters. The van der Waals surface area contributed by atoms with Crippen molar-refractivity contribution in [2.75, 3.05) is 11.6 Å². The van der Waals surface area contributed by atoms with Gasteiger partial charge in [0.25, 0.3) is 0 Å². The predicted octanol–water partition coefficient (Wildman–Crippen LogP) is 8.18. The topological polar surface area (TPSA) is 48.8 Å². The fraction of sp³-hybridized carbons (Fsp3) is 0.143. The first kappa shape index (κ1) is 23.7. The lowest BCUT2D eigenvalue weighted by atomic mass is 10.1. The van der Waals surface area contributed by atoms with E-state index >= 15 is 0 Å². The molecule has 0 saturated carbocycles. The third-order valence-corrected chi connectivity index (χ3v) is 6.56. The number of hydrogen-bond acceptors (Lipinski definition) is 5. The summed E-state index contributed by atoms with van der Waals surface area (Å²) in [6.07, 6.45) is -0.364. The molecular weight excluding hydrogens is 486 g/mol. The quantitative estimate of drug-likeness (QED) is 0.264. The second-order valence-electron chi connectivity index (χ2n) is 6.47. The van der Waals surface area contributed by atoms with E-state index in [0.717, 1.165) is 27.8 Å². The van der Waals surface area contributed by atoms with Crippen LogP contribution in [0.2, 0.25) is 10.0 Å². The number of halogens is 5. The number of rotatable bonds is 6. The van der Waals surface area contributed by atoms with Gasteiger partial charge in [-0.1, -0.05) is 23.2 Å². The van der Waals surface area contributed by atoms with Crippen molar-refractivity contribution in [3.05, 3.63) is 68.5 Å². The van der Waals surface area contributed by atoms with Gasteiger partial charge >= 0.3 is 6.18 Å². The Labute approximate surface area is 195 Å². The van der Waals surface area contributed by atoms with E-state index in [1.54, 1.807) is 36.2 Å². The Balaban J connectivity index is 2.02. The number of aromatic nitrogens is 1. The van der Waals surface area contributed by atoms with Crippen LogP contribution in [0.1, 0.15) is 10.4 Å². The van der Waals surface area contributed by atoms with Crippen LogP contribution in [0.5, 0.6) is 0 Å². The number of thioether (sulfide) groups is 1. The Morgan fingerprint density at radius 2 is 1.94 bits per heavy atom. The smallest absolute Gasteiger partial charge is 0.353 e. The molecule has 2 aromatic heterocycles. The van der Waals surface area contributed by atoms with Crippen LogP contribution in [-0.4, -0.2) is 23.1 Å². The summed E-state index contributed by atoms with van der Waals surface area (Å²) >= 11 is 15.0. The zero-order valence-electron chi connectivity index (χ0n) is 16.3. The van der Waals surface area contributed by atoms with Crippen LogP contribution in [-0.2, 0) is 0 Å². The summed E-state index contributed by atoms with van der Waals surface area (Å²) in [6, 6.07) is 8.36. The molecule has 31 heavy (non-hydrogen) atoms. The second-order valence-corrected chi connectivity index (χ2v) is 9.02. The molecule has 0 spiro atoms. The number of aryl methyl sites for hydroxylation is 1. The van der Waals surface area contributed by atoms with E-state index in [4.69, 9.17) is 28.6 Å². The lowest BCUT2D eigenvalue weighted by molar-refractivity contribution is -0.0583. The minimum Gasteiger partial charge on any atom is -0.353 e. The van der Waals surface area contributed by atoms with Crippen LogP contribution < -0.4 is 5.32 Å². The highest BCUT2D eigenvalue weighted by Gasteiger charge is 2.33. The molecule has 0 aliphatic rings. The summed E-state index contributed by atoms with van der Waals surface area (Å²) in [7, 11) is 0. The minimum absolute atomic E-state index is 0.0909. The van der Waals surface area contributed by atoms with E-state index in [1.807, 2.05) is 24.6 Å². The van der Waals surface area contributed by atoms with E-state index < -0.39 is 11.9 Å². The Hall–Kier alpha value is -2.00. The van der Waals surface area contributed by atoms with Crippen LogP contribution in [0.25, 0.3) is 16.8 Å². The van der Waals surface area contributed by atoms with Gasteiger partial charge in [-0.2, -0.15) is 13.2 Å². The van der Waals surface area contributed by atoms with Crippen LogP contribution in [0, 0.1) is 12.3 Å². The molecule has 3 aromatic rings. The van der Waals surface area contributed by atoms with Crippen molar-refractivity contribution in [2.24, 2.45) is 0 Å². The van der Waals surface area contributed by atoms with Gasteiger partial charge < -0.3 is 5.32 Å². The average molecular weight is 502 g/mol. The number of alkyl halides is 3. The maximum atomic E-state index is 13.0. The molecule has 2 N–H and O–H groups in total. The molecule has 10 heteroatoms. The molecule has 0 fully saturated rings. The predicted molar refractivity (Wildman–Crippen MR) is 126 cm³/mol. The monoisotopic (exact) mass is 501 g/mol. The summed E-state index contributed by atoms with van der Waals surface area (Å²) in [5.41, 5.74) is 1.62. The summed E-state index contributed by atoms with van der Waals surface area (Å²) in [4.78, 5) is 4.93. The highest BCUT2D eigenvalue weighted by Crippen LogP contribution is 2.35. The first-order valence-electron chi connectivity index (χ1n) is 8.78. The SMILES string of the molecule is CSc1ncc(-c2csc(/C(=C/C(=N)C(F)(F)F)Nc3cc(Cl)ccc3Cl)c2)cc1C. The van der Waals surface area contributed by atoms with Gasteiger partial charge in [0.05, 0.1) is 26.3 Å². The molecule has 0 amide bonds. The summed E-state index contributed by atoms with van der Waals surface area (Å²) in [5, 5.41) is 13.7. The largest absolute Gasteiger partial charge is 0.432 e. The van der Waals surface area contributed by atoms with E-state index in [9.17, 15) is 13.2 Å². The van der Waals surface area contributed by atoms with Crippen molar-refractivity contribution < 1.29 is 13.2 Å². The molecule has 1 aromatic carbocycles. The summed E-state index contributed by atoms with van der Waals surface area (Å²) in [6.45, 7) is 1.95. The molecule has 0 aliphatic heterocycles. The molecule has 3 rings (SSSR count). The van der Waals surface area contributed by atoms with Gasteiger partial charge in [0, 0.05) is 16.8 Å². The van der Waals surface area contributed by atoms with Gasteiger partial charge in [0.15, 0.2) is 0 Å². The first-order chi connectivity index (χ1) is 14.6. The number of nitrogens with zero attached hydrogens (tertiary/aromatic N) is 1. The molecule has 2 heterocycles. The zero-order valence-corrected chi connectivity index (χ0v) is 19.4. The van der Waals surface area contributed by atoms with Crippen LogP contribution in [0.4, 0.5) is 18.9 Å². The summed E-state index contributed by atoms with van der Waals surface area (Å²) in [5.74, 6) is 0. The molecule has 162 valence electrons. The van der Waals surface area contributed by atoms with Crippen molar-refractivity contribution in [2.45, 2.75) is 18.1 Å².